The van der Waals surface area contributed by atoms with Gasteiger partial charge < -0.3 is 0 Å². The third-order valence-electron chi connectivity index (χ3n) is 3.64. The second-order valence-electron chi connectivity index (χ2n) is 4.28. The Balaban J connectivity index is 1.99. The summed E-state index contributed by atoms with van der Waals surface area (Å²) < 4.78 is 0. The summed E-state index contributed by atoms with van der Waals surface area (Å²) in [5.41, 5.74) is 0. The minimum atomic E-state index is 0.157. The molecule has 0 aliphatic heterocycles. The molecule has 2 aliphatic carbocycles. The molecule has 1 unspecified atom stereocenters. The number of fused-ring (bicyclic) bond motifs is 1. The molecular formula is C10H18O2. The van der Waals surface area contributed by atoms with Crippen molar-refractivity contribution >= 4 is 0 Å². The van der Waals surface area contributed by atoms with Crippen LogP contribution in [0.3, 0.4) is 0 Å². The zero-order valence-corrected chi connectivity index (χ0v) is 7.54. The first-order valence-electron chi connectivity index (χ1n) is 5.22. The van der Waals surface area contributed by atoms with Crippen molar-refractivity contribution in [3.05, 3.63) is 0 Å². The van der Waals surface area contributed by atoms with Gasteiger partial charge in [-0.1, -0.05) is 25.7 Å². The molecule has 0 bridgehead atoms. The van der Waals surface area contributed by atoms with Crippen LogP contribution in [-0.4, -0.2) is 11.4 Å². The molecule has 0 aromatic heterocycles. The summed E-state index contributed by atoms with van der Waals surface area (Å²) in [6.07, 6.45) is 9.19. The van der Waals surface area contributed by atoms with Crippen molar-refractivity contribution in [1.82, 2.24) is 0 Å². The Morgan fingerprint density at radius 1 is 0.917 bits per heavy atom. The zero-order valence-electron chi connectivity index (χ0n) is 7.54. The van der Waals surface area contributed by atoms with E-state index in [-0.39, 0.29) is 6.10 Å². The molecule has 3 atom stereocenters. The van der Waals surface area contributed by atoms with Gasteiger partial charge in [-0.2, -0.15) is 0 Å². The Morgan fingerprint density at radius 2 is 1.67 bits per heavy atom. The van der Waals surface area contributed by atoms with Crippen LogP contribution >= 0.6 is 0 Å². The lowest BCUT2D eigenvalue weighted by Gasteiger charge is -2.39. The lowest BCUT2D eigenvalue weighted by molar-refractivity contribution is -0.301. The first kappa shape index (κ1) is 8.52. The average Bonchev–Trinajstić information content (AvgIpc) is 2.17. The lowest BCUT2D eigenvalue weighted by Crippen LogP contribution is -2.35. The number of hydrogen-bond donors (Lipinski definition) is 1. The first-order chi connectivity index (χ1) is 5.92. The van der Waals surface area contributed by atoms with Gasteiger partial charge in [0.25, 0.3) is 0 Å². The Bertz CT molecular complexity index is 138. The highest BCUT2D eigenvalue weighted by atomic mass is 17.1. The predicted molar refractivity (Wildman–Crippen MR) is 46.8 cm³/mol. The smallest absolute Gasteiger partial charge is 0.0958 e. The van der Waals surface area contributed by atoms with Crippen LogP contribution in [0.2, 0.25) is 0 Å². The van der Waals surface area contributed by atoms with Gasteiger partial charge >= 0.3 is 0 Å². The molecular weight excluding hydrogens is 152 g/mol. The summed E-state index contributed by atoms with van der Waals surface area (Å²) in [5, 5.41) is 8.73. The standard InChI is InChI=1S/C10H18O2/c11-12-10-7-3-5-8-4-1-2-6-9(8)10/h8-11H,1-7H2/t8-,9?,10+/m1/s1. The van der Waals surface area contributed by atoms with Gasteiger partial charge in [0.15, 0.2) is 0 Å². The highest BCUT2D eigenvalue weighted by Gasteiger charge is 2.35. The second kappa shape index (κ2) is 3.75. The Hall–Kier alpha value is -0.0800. The monoisotopic (exact) mass is 170 g/mol. The molecule has 0 aromatic carbocycles. The molecule has 0 aromatic rings. The first-order valence-corrected chi connectivity index (χ1v) is 5.22. The molecule has 0 radical (unpaired) electrons. The van der Waals surface area contributed by atoms with Crippen LogP contribution in [-0.2, 0) is 4.89 Å². The Labute approximate surface area is 73.8 Å². The van der Waals surface area contributed by atoms with Crippen LogP contribution in [0.5, 0.6) is 0 Å². The van der Waals surface area contributed by atoms with Gasteiger partial charge in [-0.3, -0.25) is 5.26 Å². The molecule has 2 fully saturated rings. The molecule has 0 saturated heterocycles. The largest absolute Gasteiger partial charge is 0.252 e. The predicted octanol–water partition coefficient (Wildman–Crippen LogP) is 2.83. The van der Waals surface area contributed by atoms with E-state index in [0.29, 0.717) is 5.92 Å². The van der Waals surface area contributed by atoms with Gasteiger partial charge in [-0.15, -0.1) is 0 Å². The van der Waals surface area contributed by atoms with Crippen molar-refractivity contribution in [1.29, 1.82) is 0 Å². The number of hydrogen-bond acceptors (Lipinski definition) is 2. The minimum Gasteiger partial charge on any atom is -0.252 e. The molecule has 2 nitrogen and oxygen atoms in total. The van der Waals surface area contributed by atoms with E-state index in [1.54, 1.807) is 0 Å². The summed E-state index contributed by atoms with van der Waals surface area (Å²) in [5.74, 6) is 1.52. The summed E-state index contributed by atoms with van der Waals surface area (Å²) >= 11 is 0. The Kier molecular flexibility index (Phi) is 2.66. The quantitative estimate of drug-likeness (QED) is 0.484. The van der Waals surface area contributed by atoms with Gasteiger partial charge in [0.05, 0.1) is 6.10 Å². The molecule has 2 saturated carbocycles. The molecule has 1 N–H and O–H groups in total. The van der Waals surface area contributed by atoms with Crippen molar-refractivity contribution in [2.45, 2.75) is 51.0 Å². The van der Waals surface area contributed by atoms with Gasteiger partial charge in [-0.05, 0) is 31.1 Å². The van der Waals surface area contributed by atoms with E-state index in [1.165, 1.54) is 38.5 Å². The molecule has 70 valence electrons. The minimum absolute atomic E-state index is 0.157. The van der Waals surface area contributed by atoms with Crippen LogP contribution in [0.25, 0.3) is 0 Å². The van der Waals surface area contributed by atoms with Crippen LogP contribution < -0.4 is 0 Å². The van der Waals surface area contributed by atoms with Crippen molar-refractivity contribution in [2.24, 2.45) is 11.8 Å². The third kappa shape index (κ3) is 1.50. The molecule has 2 aliphatic rings. The maximum absolute atomic E-state index is 8.73. The van der Waals surface area contributed by atoms with E-state index in [1.807, 2.05) is 0 Å². The van der Waals surface area contributed by atoms with E-state index >= 15 is 0 Å². The SMILES string of the molecule is OO[C@H]1CCC[C@H]2CCCCC21. The average molecular weight is 170 g/mol. The highest BCUT2D eigenvalue weighted by molar-refractivity contribution is 4.85. The molecule has 0 amide bonds. The fourth-order valence-corrected chi connectivity index (χ4v) is 3.01. The van der Waals surface area contributed by atoms with Gasteiger partial charge in [-0.25, -0.2) is 4.89 Å². The van der Waals surface area contributed by atoms with Gasteiger partial charge in [0, 0.05) is 0 Å². The number of rotatable bonds is 1. The van der Waals surface area contributed by atoms with Crippen molar-refractivity contribution in [3.63, 3.8) is 0 Å². The molecule has 2 heteroatoms. The van der Waals surface area contributed by atoms with Crippen LogP contribution in [0.1, 0.15) is 44.9 Å². The lowest BCUT2D eigenvalue weighted by atomic mass is 9.69. The van der Waals surface area contributed by atoms with Crippen molar-refractivity contribution in [2.75, 3.05) is 0 Å². The molecule has 0 heterocycles. The fourth-order valence-electron chi connectivity index (χ4n) is 3.01. The van der Waals surface area contributed by atoms with Crippen LogP contribution in [0, 0.1) is 11.8 Å². The second-order valence-corrected chi connectivity index (χ2v) is 4.28. The zero-order chi connectivity index (χ0) is 8.39. The van der Waals surface area contributed by atoms with E-state index in [0.717, 1.165) is 12.3 Å². The molecule has 0 spiro atoms. The molecule has 2 rings (SSSR count). The van der Waals surface area contributed by atoms with E-state index in [2.05, 4.69) is 4.89 Å². The third-order valence-corrected chi connectivity index (χ3v) is 3.64. The highest BCUT2D eigenvalue weighted by Crippen LogP contribution is 2.41. The van der Waals surface area contributed by atoms with Crippen LogP contribution in [0.15, 0.2) is 0 Å². The van der Waals surface area contributed by atoms with Gasteiger partial charge in [0.1, 0.15) is 0 Å². The van der Waals surface area contributed by atoms with E-state index < -0.39 is 0 Å². The summed E-state index contributed by atoms with van der Waals surface area (Å²) in [7, 11) is 0. The summed E-state index contributed by atoms with van der Waals surface area (Å²) in [4.78, 5) is 4.56. The van der Waals surface area contributed by atoms with E-state index in [9.17, 15) is 0 Å². The van der Waals surface area contributed by atoms with E-state index in [4.69, 9.17) is 5.26 Å². The fraction of sp³-hybridized carbons (Fsp3) is 1.00. The maximum Gasteiger partial charge on any atom is 0.0958 e. The van der Waals surface area contributed by atoms with Crippen molar-refractivity contribution < 1.29 is 10.1 Å². The summed E-state index contributed by atoms with van der Waals surface area (Å²) in [6, 6.07) is 0. The molecule has 12 heavy (non-hydrogen) atoms. The summed E-state index contributed by atoms with van der Waals surface area (Å²) in [6.45, 7) is 0. The van der Waals surface area contributed by atoms with Crippen molar-refractivity contribution in [3.8, 4) is 0 Å². The Morgan fingerprint density at radius 3 is 2.50 bits per heavy atom. The topological polar surface area (TPSA) is 29.5 Å². The van der Waals surface area contributed by atoms with Crippen LogP contribution in [0.4, 0.5) is 0 Å². The normalized spacial score (nSPS) is 42.2. The van der Waals surface area contributed by atoms with Gasteiger partial charge in [0.2, 0.25) is 0 Å². The maximum atomic E-state index is 8.73.